The molecule has 0 radical (unpaired) electrons. The maximum atomic E-state index is 12.2. The van der Waals surface area contributed by atoms with Gasteiger partial charge in [0.05, 0.1) is 0 Å². The van der Waals surface area contributed by atoms with Crippen LogP contribution in [0.4, 0.5) is 17.6 Å². The van der Waals surface area contributed by atoms with E-state index in [9.17, 15) is 9.59 Å². The van der Waals surface area contributed by atoms with Crippen molar-refractivity contribution in [3.63, 3.8) is 0 Å². The van der Waals surface area contributed by atoms with E-state index in [1.54, 1.807) is 23.5 Å². The van der Waals surface area contributed by atoms with E-state index in [-0.39, 0.29) is 23.9 Å². The number of anilines is 3. The molecule has 2 fully saturated rings. The number of nitrogens with one attached hydrogen (secondary N) is 2. The molecule has 10 heteroatoms. The molecule has 0 aromatic carbocycles. The molecule has 2 aromatic heterocycles. The van der Waals surface area contributed by atoms with Crippen LogP contribution in [0.1, 0.15) is 57.1 Å². The second-order valence-electron chi connectivity index (χ2n) is 9.53. The number of nitrogens with zero attached hydrogens (tertiary/aromatic N) is 5. The molecule has 4 N–H and O–H groups in total. The van der Waals surface area contributed by atoms with Gasteiger partial charge in [-0.25, -0.2) is 9.97 Å². The average Bonchev–Trinajstić information content (AvgIpc) is 3.55. The number of allylic oxidation sites excluding steroid dienone is 1. The molecule has 2 aromatic rings. The molecule has 36 heavy (non-hydrogen) atoms. The van der Waals surface area contributed by atoms with E-state index in [0.717, 1.165) is 55.2 Å². The minimum Gasteiger partial charge on any atom is -0.404 e. The molecule has 0 spiro atoms. The first-order chi connectivity index (χ1) is 17.5. The Bertz CT molecular complexity index is 1120. The van der Waals surface area contributed by atoms with Crippen LogP contribution in [0, 0.1) is 5.92 Å². The third-order valence-electron chi connectivity index (χ3n) is 6.58. The number of hydrogen-bond donors (Lipinski definition) is 3. The zero-order valence-electron chi connectivity index (χ0n) is 20.9. The smallest absolute Gasteiger partial charge is 0.230 e. The largest absolute Gasteiger partial charge is 0.404 e. The van der Waals surface area contributed by atoms with Gasteiger partial charge in [0.2, 0.25) is 18.3 Å². The summed E-state index contributed by atoms with van der Waals surface area (Å²) < 4.78 is 0. The van der Waals surface area contributed by atoms with Crippen molar-refractivity contribution in [3.05, 3.63) is 41.9 Å². The van der Waals surface area contributed by atoms with Gasteiger partial charge in [0.1, 0.15) is 11.6 Å². The highest BCUT2D eigenvalue weighted by Gasteiger charge is 2.30. The van der Waals surface area contributed by atoms with Crippen LogP contribution in [0.15, 0.2) is 35.7 Å². The van der Waals surface area contributed by atoms with E-state index in [1.165, 1.54) is 6.20 Å². The van der Waals surface area contributed by atoms with E-state index in [2.05, 4.69) is 25.6 Å². The van der Waals surface area contributed by atoms with E-state index in [4.69, 9.17) is 10.7 Å². The van der Waals surface area contributed by atoms with E-state index in [1.807, 2.05) is 26.0 Å². The van der Waals surface area contributed by atoms with Gasteiger partial charge in [-0.3, -0.25) is 19.5 Å². The molecule has 4 rings (SSSR count). The molecule has 1 saturated heterocycles. The summed E-state index contributed by atoms with van der Waals surface area (Å²) in [5.41, 5.74) is 8.18. The fraction of sp³-hybridized carbons (Fsp3) is 0.462. The number of carbonyl (C=O) groups is 2. The molecule has 1 aliphatic carbocycles. The van der Waals surface area contributed by atoms with Gasteiger partial charge in [-0.05, 0) is 51.7 Å². The van der Waals surface area contributed by atoms with Gasteiger partial charge in [-0.1, -0.05) is 12.8 Å². The fourth-order valence-corrected chi connectivity index (χ4v) is 4.62. The van der Waals surface area contributed by atoms with Crippen LogP contribution in [0.25, 0.3) is 5.57 Å². The van der Waals surface area contributed by atoms with Crippen molar-refractivity contribution in [3.8, 4) is 0 Å². The second kappa shape index (κ2) is 11.7. The molecule has 3 heterocycles. The van der Waals surface area contributed by atoms with Crippen molar-refractivity contribution < 1.29 is 9.59 Å². The number of pyridine rings is 1. The van der Waals surface area contributed by atoms with Crippen molar-refractivity contribution in [1.29, 1.82) is 0 Å². The van der Waals surface area contributed by atoms with Crippen molar-refractivity contribution in [2.24, 2.45) is 16.6 Å². The molecule has 1 aliphatic heterocycles. The monoisotopic (exact) mass is 490 g/mol. The molecular formula is C26H34N8O2. The van der Waals surface area contributed by atoms with Crippen molar-refractivity contribution in [2.45, 2.75) is 64.5 Å². The summed E-state index contributed by atoms with van der Waals surface area (Å²) in [6.45, 7) is 4.66. The van der Waals surface area contributed by atoms with Crippen molar-refractivity contribution in [1.82, 2.24) is 20.3 Å². The second-order valence-corrected chi connectivity index (χ2v) is 9.53. The molecule has 1 atom stereocenters. The van der Waals surface area contributed by atoms with Crippen LogP contribution in [0.3, 0.4) is 0 Å². The Balaban J connectivity index is 1.57. The minimum atomic E-state index is -0.138. The first-order valence-corrected chi connectivity index (χ1v) is 12.5. The van der Waals surface area contributed by atoms with Gasteiger partial charge in [-0.15, -0.1) is 0 Å². The Hall–Kier alpha value is -3.82. The molecule has 10 nitrogen and oxygen atoms in total. The Morgan fingerprint density at radius 3 is 2.67 bits per heavy atom. The maximum absolute atomic E-state index is 12.2. The van der Waals surface area contributed by atoms with Crippen LogP contribution in [0.2, 0.25) is 0 Å². The summed E-state index contributed by atoms with van der Waals surface area (Å²) in [5, 5.41) is 6.02. The van der Waals surface area contributed by atoms with Crippen LogP contribution in [-0.4, -0.2) is 52.1 Å². The number of rotatable bonds is 10. The van der Waals surface area contributed by atoms with Gasteiger partial charge in [0.25, 0.3) is 0 Å². The highest BCUT2D eigenvalue weighted by molar-refractivity contribution is 6.09. The van der Waals surface area contributed by atoms with Gasteiger partial charge in [0, 0.05) is 66.1 Å². The lowest BCUT2D eigenvalue weighted by atomic mass is 9.99. The highest BCUT2D eigenvalue weighted by atomic mass is 16.2. The highest BCUT2D eigenvalue weighted by Crippen LogP contribution is 2.31. The summed E-state index contributed by atoms with van der Waals surface area (Å²) in [5.74, 6) is 1.36. The SMILES string of the molecule is CC(C)N=C/C(=C\N)c1ccc(Nc2ncc(CC3CCNC3=O)c(N(C=O)C3CCCC3)n2)nc1. The standard InChI is InChI=1S/C26H34N8O2/c1-17(2)29-15-21(12-27)19-7-8-23(30-13-19)32-26-31-14-20(11-18-9-10-28-25(18)36)24(33-26)34(16-35)22-5-3-4-6-22/h7-8,12-18,22H,3-6,9-11,27H2,1-2H3,(H,28,36)(H,30,31,32,33)/b21-12+,29-15?. The average molecular weight is 491 g/mol. The molecule has 0 bridgehead atoms. The van der Waals surface area contributed by atoms with E-state index in [0.29, 0.717) is 30.5 Å². The summed E-state index contributed by atoms with van der Waals surface area (Å²) in [6, 6.07) is 3.98. The van der Waals surface area contributed by atoms with Crippen LogP contribution < -0.4 is 21.3 Å². The number of amides is 2. The fourth-order valence-electron chi connectivity index (χ4n) is 4.62. The zero-order valence-corrected chi connectivity index (χ0v) is 20.9. The molecular weight excluding hydrogens is 456 g/mol. The molecule has 1 saturated carbocycles. The predicted molar refractivity (Wildman–Crippen MR) is 141 cm³/mol. The zero-order chi connectivity index (χ0) is 25.5. The Morgan fingerprint density at radius 2 is 2.06 bits per heavy atom. The normalized spacial score (nSPS) is 18.7. The molecule has 190 valence electrons. The van der Waals surface area contributed by atoms with Crippen LogP contribution in [-0.2, 0) is 16.0 Å². The summed E-state index contributed by atoms with van der Waals surface area (Å²) >= 11 is 0. The third-order valence-corrected chi connectivity index (χ3v) is 6.58. The first kappa shape index (κ1) is 25.3. The lowest BCUT2D eigenvalue weighted by molar-refractivity contribution is -0.122. The van der Waals surface area contributed by atoms with Gasteiger partial charge >= 0.3 is 0 Å². The summed E-state index contributed by atoms with van der Waals surface area (Å²) in [6.07, 6.45) is 12.8. The summed E-state index contributed by atoms with van der Waals surface area (Å²) in [4.78, 5) is 44.1. The molecule has 1 unspecified atom stereocenters. The number of hydrogen-bond acceptors (Lipinski definition) is 8. The van der Waals surface area contributed by atoms with E-state index >= 15 is 0 Å². The Kier molecular flexibility index (Phi) is 8.24. The quantitative estimate of drug-likeness (QED) is 0.344. The number of nitrogens with two attached hydrogens (primary N) is 1. The first-order valence-electron chi connectivity index (χ1n) is 12.5. The number of carbonyl (C=O) groups excluding carboxylic acids is 2. The summed E-state index contributed by atoms with van der Waals surface area (Å²) in [7, 11) is 0. The molecule has 2 amide bonds. The van der Waals surface area contributed by atoms with E-state index < -0.39 is 0 Å². The lowest BCUT2D eigenvalue weighted by Gasteiger charge is -2.26. The number of aliphatic imine (C=N–C) groups is 1. The topological polar surface area (TPSA) is 138 Å². The van der Waals surface area contributed by atoms with Crippen LogP contribution >= 0.6 is 0 Å². The molecule has 2 aliphatic rings. The third kappa shape index (κ3) is 6.05. The van der Waals surface area contributed by atoms with Gasteiger partial charge in [0.15, 0.2) is 0 Å². The van der Waals surface area contributed by atoms with Gasteiger partial charge in [-0.2, -0.15) is 4.98 Å². The van der Waals surface area contributed by atoms with Crippen molar-refractivity contribution in [2.75, 3.05) is 16.8 Å². The van der Waals surface area contributed by atoms with Crippen molar-refractivity contribution >= 4 is 41.7 Å². The maximum Gasteiger partial charge on any atom is 0.230 e. The number of aromatic nitrogens is 3. The van der Waals surface area contributed by atoms with Crippen LogP contribution in [0.5, 0.6) is 0 Å². The van der Waals surface area contributed by atoms with Gasteiger partial charge < -0.3 is 16.4 Å². The minimum absolute atomic E-state index is 0.0373. The lowest BCUT2D eigenvalue weighted by Crippen LogP contribution is -2.34. The Morgan fingerprint density at radius 1 is 1.25 bits per heavy atom. The predicted octanol–water partition coefficient (Wildman–Crippen LogP) is 2.98. The Labute approximate surface area is 211 Å².